The van der Waals surface area contributed by atoms with Crippen LogP contribution in [0.25, 0.3) is 11.3 Å². The number of aromatic nitrogens is 4. The third-order valence-electron chi connectivity index (χ3n) is 4.88. The summed E-state index contributed by atoms with van der Waals surface area (Å²) in [5.74, 6) is 1.58. The molecule has 4 rings (SSSR count). The van der Waals surface area contributed by atoms with E-state index in [1.54, 1.807) is 7.11 Å². The molecule has 1 atom stereocenters. The number of imidazole rings is 1. The number of piperidine rings is 1. The first-order chi connectivity index (χ1) is 12.8. The van der Waals surface area contributed by atoms with Gasteiger partial charge in [-0.25, -0.2) is 4.98 Å². The van der Waals surface area contributed by atoms with Gasteiger partial charge in [-0.2, -0.15) is 5.10 Å². The number of nitrogens with one attached hydrogen (secondary N) is 1. The number of rotatable bonds is 5. The van der Waals surface area contributed by atoms with Crippen molar-refractivity contribution < 1.29 is 4.74 Å². The van der Waals surface area contributed by atoms with Crippen molar-refractivity contribution in [3.05, 3.63) is 60.2 Å². The molecule has 0 bridgehead atoms. The maximum Gasteiger partial charge on any atom is 0.233 e. The van der Waals surface area contributed by atoms with Crippen molar-refractivity contribution >= 4 is 0 Å². The van der Waals surface area contributed by atoms with E-state index in [-0.39, 0.29) is 6.04 Å². The van der Waals surface area contributed by atoms with E-state index in [2.05, 4.69) is 37.2 Å². The molecule has 0 spiro atoms. The lowest BCUT2D eigenvalue weighted by Gasteiger charge is -2.34. The molecule has 0 radical (unpaired) electrons. The molecule has 1 aromatic carbocycles. The van der Waals surface area contributed by atoms with Gasteiger partial charge in [0.25, 0.3) is 0 Å². The van der Waals surface area contributed by atoms with Gasteiger partial charge in [0, 0.05) is 12.6 Å². The molecule has 3 heterocycles. The third-order valence-corrected chi connectivity index (χ3v) is 4.88. The van der Waals surface area contributed by atoms with Crippen LogP contribution >= 0.6 is 0 Å². The number of hydrogen-bond donors (Lipinski definition) is 1. The molecular formula is C20H23N5O. The minimum Gasteiger partial charge on any atom is -0.480 e. The van der Waals surface area contributed by atoms with Crippen molar-refractivity contribution in [1.82, 2.24) is 25.1 Å². The fraction of sp³-hybridized carbons (Fsp3) is 0.350. The van der Waals surface area contributed by atoms with E-state index >= 15 is 0 Å². The quantitative estimate of drug-likeness (QED) is 0.762. The summed E-state index contributed by atoms with van der Waals surface area (Å²) in [4.78, 5) is 10.6. The molecule has 0 amide bonds. The summed E-state index contributed by atoms with van der Waals surface area (Å²) in [5.41, 5.74) is 3.18. The SMILES string of the molecule is COc1ccc(CN2CCCCC2c2ncc(-c3ccccc3)[nH]2)nn1. The van der Waals surface area contributed by atoms with Crippen molar-refractivity contribution in [2.45, 2.75) is 31.8 Å². The van der Waals surface area contributed by atoms with Gasteiger partial charge in [-0.15, -0.1) is 5.10 Å². The molecule has 1 saturated heterocycles. The predicted molar refractivity (Wildman–Crippen MR) is 99.6 cm³/mol. The van der Waals surface area contributed by atoms with E-state index in [1.165, 1.54) is 12.8 Å². The molecule has 134 valence electrons. The average Bonchev–Trinajstić information content (AvgIpc) is 3.20. The standard InChI is InChI=1S/C20H23N5O/c1-26-19-11-10-16(23-24-19)14-25-12-6-5-9-18(25)20-21-13-17(22-20)15-7-3-2-4-8-15/h2-4,7-8,10-11,13,18H,5-6,9,12,14H2,1H3,(H,21,22). The van der Waals surface area contributed by atoms with Crippen molar-refractivity contribution in [3.8, 4) is 17.1 Å². The molecule has 0 aliphatic carbocycles. The van der Waals surface area contributed by atoms with Crippen LogP contribution in [-0.4, -0.2) is 38.7 Å². The highest BCUT2D eigenvalue weighted by molar-refractivity contribution is 5.58. The highest BCUT2D eigenvalue weighted by Crippen LogP contribution is 2.31. The van der Waals surface area contributed by atoms with Crippen LogP contribution in [0.5, 0.6) is 5.88 Å². The molecule has 6 nitrogen and oxygen atoms in total. The Morgan fingerprint density at radius 3 is 2.77 bits per heavy atom. The van der Waals surface area contributed by atoms with E-state index in [4.69, 9.17) is 4.74 Å². The Morgan fingerprint density at radius 2 is 2.00 bits per heavy atom. The Morgan fingerprint density at radius 1 is 1.12 bits per heavy atom. The number of ether oxygens (including phenoxy) is 1. The Kier molecular flexibility index (Phi) is 4.93. The van der Waals surface area contributed by atoms with Gasteiger partial charge in [0.05, 0.1) is 30.7 Å². The Labute approximate surface area is 153 Å². The van der Waals surface area contributed by atoms with Gasteiger partial charge in [-0.05, 0) is 31.0 Å². The second kappa shape index (κ2) is 7.66. The van der Waals surface area contributed by atoms with Gasteiger partial charge < -0.3 is 9.72 Å². The maximum absolute atomic E-state index is 5.09. The molecule has 2 aromatic heterocycles. The highest BCUT2D eigenvalue weighted by Gasteiger charge is 2.26. The number of nitrogens with zero attached hydrogens (tertiary/aromatic N) is 4. The number of aromatic amines is 1. The van der Waals surface area contributed by atoms with E-state index in [0.29, 0.717) is 5.88 Å². The Balaban J connectivity index is 1.53. The second-order valence-corrected chi connectivity index (χ2v) is 6.60. The lowest BCUT2D eigenvalue weighted by atomic mass is 10.0. The van der Waals surface area contributed by atoms with E-state index in [9.17, 15) is 0 Å². The zero-order valence-corrected chi connectivity index (χ0v) is 14.9. The summed E-state index contributed by atoms with van der Waals surface area (Å²) in [6, 6.07) is 14.4. The van der Waals surface area contributed by atoms with Crippen LogP contribution in [-0.2, 0) is 6.54 Å². The molecule has 3 aromatic rings. The van der Waals surface area contributed by atoms with Gasteiger partial charge in [-0.3, -0.25) is 4.90 Å². The van der Waals surface area contributed by atoms with E-state index in [1.807, 2.05) is 36.5 Å². The lowest BCUT2D eigenvalue weighted by molar-refractivity contribution is 0.132. The summed E-state index contributed by atoms with van der Waals surface area (Å²) >= 11 is 0. The maximum atomic E-state index is 5.09. The van der Waals surface area contributed by atoms with Crippen molar-refractivity contribution in [2.75, 3.05) is 13.7 Å². The first-order valence-electron chi connectivity index (χ1n) is 9.04. The Hall–Kier alpha value is -2.73. The van der Waals surface area contributed by atoms with Gasteiger partial charge >= 0.3 is 0 Å². The van der Waals surface area contributed by atoms with Crippen LogP contribution in [0.15, 0.2) is 48.7 Å². The number of benzene rings is 1. The van der Waals surface area contributed by atoms with Crippen molar-refractivity contribution in [3.63, 3.8) is 0 Å². The second-order valence-electron chi connectivity index (χ2n) is 6.60. The molecule has 1 aliphatic heterocycles. The van der Waals surface area contributed by atoms with E-state index < -0.39 is 0 Å². The molecule has 1 unspecified atom stereocenters. The molecule has 26 heavy (non-hydrogen) atoms. The smallest absolute Gasteiger partial charge is 0.233 e. The van der Waals surface area contributed by atoms with Gasteiger partial charge in [0.2, 0.25) is 5.88 Å². The van der Waals surface area contributed by atoms with Gasteiger partial charge in [0.1, 0.15) is 5.82 Å². The van der Waals surface area contributed by atoms with Gasteiger partial charge in [0.15, 0.2) is 0 Å². The van der Waals surface area contributed by atoms with Crippen LogP contribution in [0, 0.1) is 0 Å². The average molecular weight is 349 g/mol. The molecule has 1 N–H and O–H groups in total. The van der Waals surface area contributed by atoms with Crippen molar-refractivity contribution in [2.24, 2.45) is 0 Å². The molecule has 6 heteroatoms. The van der Waals surface area contributed by atoms with Crippen LogP contribution in [0.3, 0.4) is 0 Å². The third kappa shape index (κ3) is 3.60. The van der Waals surface area contributed by atoms with Gasteiger partial charge in [-0.1, -0.05) is 36.8 Å². The Bertz CT molecular complexity index is 831. The predicted octanol–water partition coefficient (Wildman–Crippen LogP) is 3.60. The van der Waals surface area contributed by atoms with Crippen LogP contribution in [0.4, 0.5) is 0 Å². The molecule has 1 fully saturated rings. The first kappa shape index (κ1) is 16.7. The zero-order valence-electron chi connectivity index (χ0n) is 14.9. The number of hydrogen-bond acceptors (Lipinski definition) is 5. The highest BCUT2D eigenvalue weighted by atomic mass is 16.5. The van der Waals surface area contributed by atoms with Crippen molar-refractivity contribution in [1.29, 1.82) is 0 Å². The van der Waals surface area contributed by atoms with Crippen LogP contribution < -0.4 is 4.74 Å². The zero-order chi connectivity index (χ0) is 17.8. The fourth-order valence-corrected chi connectivity index (χ4v) is 3.51. The summed E-state index contributed by atoms with van der Waals surface area (Å²) in [7, 11) is 1.60. The molecule has 1 aliphatic rings. The monoisotopic (exact) mass is 349 g/mol. The first-order valence-corrected chi connectivity index (χ1v) is 9.04. The van der Waals surface area contributed by atoms with Crippen LogP contribution in [0.2, 0.25) is 0 Å². The number of H-pyrrole nitrogens is 1. The van der Waals surface area contributed by atoms with Crippen LogP contribution in [0.1, 0.15) is 36.8 Å². The minimum absolute atomic E-state index is 0.283. The summed E-state index contributed by atoms with van der Waals surface area (Å²) < 4.78 is 5.09. The lowest BCUT2D eigenvalue weighted by Crippen LogP contribution is -2.33. The summed E-state index contributed by atoms with van der Waals surface area (Å²) in [5, 5.41) is 8.36. The summed E-state index contributed by atoms with van der Waals surface area (Å²) in [6.07, 6.45) is 5.46. The largest absolute Gasteiger partial charge is 0.480 e. The topological polar surface area (TPSA) is 66.9 Å². The number of methoxy groups -OCH3 is 1. The number of likely N-dealkylation sites (tertiary alicyclic amines) is 1. The minimum atomic E-state index is 0.283. The van der Waals surface area contributed by atoms with E-state index in [0.717, 1.165) is 42.3 Å². The molecular weight excluding hydrogens is 326 g/mol. The molecule has 0 saturated carbocycles. The summed E-state index contributed by atoms with van der Waals surface area (Å²) in [6.45, 7) is 1.81. The normalized spacial score (nSPS) is 18.0. The fourth-order valence-electron chi connectivity index (χ4n) is 3.51.